The van der Waals surface area contributed by atoms with Crippen molar-refractivity contribution in [3.63, 3.8) is 0 Å². The fourth-order valence-corrected chi connectivity index (χ4v) is 4.05. The molecule has 8 heteroatoms. The Kier molecular flexibility index (Phi) is 5.36. The standard InChI is InChI=1S/C27H23FN5O2/c1-27(2,3)21-9-4-5-10-22(21)33-25-23(24(29)30-16-31-25)32(26(33)34)18-11-13-19(14-12-18)35-20-8-6-7-17(28)15-20/h4-8,10-16H,1-3H3,(H2,29,30,31). The minimum absolute atomic E-state index is 0.183. The quantitative estimate of drug-likeness (QED) is 0.393. The van der Waals surface area contributed by atoms with Crippen LogP contribution in [0.4, 0.5) is 10.2 Å². The first-order chi connectivity index (χ1) is 16.7. The SMILES string of the molecule is CC(C)(C)c1[c]cccc1-n1c(=O)n(-c2ccc(Oc3cccc(F)c3)cc2)c2c(N)ncnc21. The fourth-order valence-electron chi connectivity index (χ4n) is 4.05. The summed E-state index contributed by atoms with van der Waals surface area (Å²) in [6.07, 6.45) is 1.34. The number of benzene rings is 3. The molecule has 0 bridgehead atoms. The zero-order chi connectivity index (χ0) is 24.7. The van der Waals surface area contributed by atoms with Crippen LogP contribution in [0.1, 0.15) is 26.3 Å². The van der Waals surface area contributed by atoms with Crippen molar-refractivity contribution >= 4 is 17.0 Å². The molecule has 0 aliphatic carbocycles. The van der Waals surface area contributed by atoms with E-state index in [0.717, 1.165) is 5.56 Å². The van der Waals surface area contributed by atoms with E-state index in [0.29, 0.717) is 34.0 Å². The molecule has 5 rings (SSSR count). The Labute approximate surface area is 201 Å². The molecule has 0 unspecified atom stereocenters. The molecule has 5 aromatic rings. The molecular formula is C27H23FN5O2. The lowest BCUT2D eigenvalue weighted by Crippen LogP contribution is -2.25. The minimum Gasteiger partial charge on any atom is -0.457 e. The predicted octanol–water partition coefficient (Wildman–Crippen LogP) is 5.18. The molecule has 2 aromatic heterocycles. The van der Waals surface area contributed by atoms with E-state index in [2.05, 4.69) is 36.8 Å². The van der Waals surface area contributed by atoms with Crippen LogP contribution in [0.3, 0.4) is 0 Å². The van der Waals surface area contributed by atoms with Gasteiger partial charge in [0.2, 0.25) is 0 Å². The maximum Gasteiger partial charge on any atom is 0.339 e. The van der Waals surface area contributed by atoms with Crippen LogP contribution in [-0.2, 0) is 5.41 Å². The van der Waals surface area contributed by atoms with Gasteiger partial charge in [-0.05, 0) is 59.5 Å². The summed E-state index contributed by atoms with van der Waals surface area (Å²) < 4.78 is 22.2. The number of hydrogen-bond donors (Lipinski definition) is 1. The zero-order valence-corrected chi connectivity index (χ0v) is 19.5. The van der Waals surface area contributed by atoms with Crippen LogP contribution >= 0.6 is 0 Å². The molecule has 0 atom stereocenters. The molecule has 3 aromatic carbocycles. The van der Waals surface area contributed by atoms with Crippen LogP contribution in [0.25, 0.3) is 22.5 Å². The van der Waals surface area contributed by atoms with Crippen molar-refractivity contribution in [2.24, 2.45) is 0 Å². The van der Waals surface area contributed by atoms with Gasteiger partial charge in [-0.1, -0.05) is 39.0 Å². The van der Waals surface area contributed by atoms with Gasteiger partial charge in [-0.2, -0.15) is 0 Å². The van der Waals surface area contributed by atoms with Crippen molar-refractivity contribution < 1.29 is 9.13 Å². The van der Waals surface area contributed by atoms with Crippen molar-refractivity contribution in [2.75, 3.05) is 5.73 Å². The van der Waals surface area contributed by atoms with Crippen molar-refractivity contribution in [3.05, 3.63) is 101 Å². The van der Waals surface area contributed by atoms with Gasteiger partial charge in [0.15, 0.2) is 11.5 Å². The number of rotatable bonds is 4. The third kappa shape index (κ3) is 4.03. The summed E-state index contributed by atoms with van der Waals surface area (Å²) >= 11 is 0. The zero-order valence-electron chi connectivity index (χ0n) is 19.5. The van der Waals surface area contributed by atoms with Gasteiger partial charge in [0.05, 0.1) is 11.4 Å². The van der Waals surface area contributed by atoms with Crippen molar-refractivity contribution in [2.45, 2.75) is 26.2 Å². The van der Waals surface area contributed by atoms with E-state index in [1.807, 2.05) is 18.2 Å². The van der Waals surface area contributed by atoms with E-state index in [4.69, 9.17) is 10.5 Å². The predicted molar refractivity (Wildman–Crippen MR) is 133 cm³/mol. The first-order valence-electron chi connectivity index (χ1n) is 11.0. The van der Waals surface area contributed by atoms with Crippen molar-refractivity contribution in [1.29, 1.82) is 0 Å². The van der Waals surface area contributed by atoms with Crippen LogP contribution < -0.4 is 16.2 Å². The third-order valence-electron chi connectivity index (χ3n) is 5.60. The number of ether oxygens (including phenoxy) is 1. The second kappa shape index (κ2) is 8.39. The average Bonchev–Trinajstić information content (AvgIpc) is 3.12. The van der Waals surface area contributed by atoms with E-state index >= 15 is 0 Å². The Bertz CT molecular complexity index is 1600. The molecule has 0 aliphatic heterocycles. The smallest absolute Gasteiger partial charge is 0.339 e. The van der Waals surface area contributed by atoms with Gasteiger partial charge >= 0.3 is 5.69 Å². The second-order valence-electron chi connectivity index (χ2n) is 9.12. The van der Waals surface area contributed by atoms with Crippen LogP contribution in [0.15, 0.2) is 77.9 Å². The molecule has 2 N–H and O–H groups in total. The Morgan fingerprint density at radius 1 is 0.971 bits per heavy atom. The molecule has 0 saturated heterocycles. The molecule has 7 nitrogen and oxygen atoms in total. The highest BCUT2D eigenvalue weighted by molar-refractivity contribution is 5.85. The van der Waals surface area contributed by atoms with Gasteiger partial charge in [-0.25, -0.2) is 23.7 Å². The lowest BCUT2D eigenvalue weighted by atomic mass is 9.86. The highest BCUT2D eigenvalue weighted by Gasteiger charge is 2.25. The summed E-state index contributed by atoms with van der Waals surface area (Å²) in [6.45, 7) is 6.19. The molecule has 0 saturated carbocycles. The number of imidazole rings is 1. The van der Waals surface area contributed by atoms with E-state index in [-0.39, 0.29) is 22.7 Å². The highest BCUT2D eigenvalue weighted by atomic mass is 19.1. The molecule has 0 amide bonds. The summed E-state index contributed by atoms with van der Waals surface area (Å²) in [5.74, 6) is 0.664. The Balaban J connectivity index is 1.67. The molecule has 175 valence electrons. The number of halogens is 1. The maximum absolute atomic E-state index is 13.8. The van der Waals surface area contributed by atoms with Crippen molar-refractivity contribution in [1.82, 2.24) is 19.1 Å². The Morgan fingerprint density at radius 3 is 2.46 bits per heavy atom. The van der Waals surface area contributed by atoms with E-state index in [9.17, 15) is 9.18 Å². The number of hydrogen-bond acceptors (Lipinski definition) is 5. The summed E-state index contributed by atoms with van der Waals surface area (Å²) in [5, 5.41) is 0. The monoisotopic (exact) mass is 468 g/mol. The third-order valence-corrected chi connectivity index (χ3v) is 5.60. The van der Waals surface area contributed by atoms with Crippen LogP contribution in [0, 0.1) is 11.9 Å². The number of nitrogens with zero attached hydrogens (tertiary/aromatic N) is 4. The molecule has 35 heavy (non-hydrogen) atoms. The van der Waals surface area contributed by atoms with E-state index in [1.54, 1.807) is 41.0 Å². The number of nitrogens with two attached hydrogens (primary N) is 1. The number of anilines is 1. The Hall–Kier alpha value is -4.46. The second-order valence-corrected chi connectivity index (χ2v) is 9.12. The van der Waals surface area contributed by atoms with Gasteiger partial charge in [-0.15, -0.1) is 0 Å². The van der Waals surface area contributed by atoms with Gasteiger partial charge in [0.25, 0.3) is 0 Å². The van der Waals surface area contributed by atoms with Crippen LogP contribution in [0.5, 0.6) is 11.5 Å². The first-order valence-corrected chi connectivity index (χ1v) is 11.0. The van der Waals surface area contributed by atoms with Gasteiger partial charge < -0.3 is 10.5 Å². The van der Waals surface area contributed by atoms with Crippen LogP contribution in [-0.4, -0.2) is 19.1 Å². The normalized spacial score (nSPS) is 11.7. The number of aromatic nitrogens is 4. The highest BCUT2D eigenvalue weighted by Crippen LogP contribution is 2.31. The molecule has 0 aliphatic rings. The largest absolute Gasteiger partial charge is 0.457 e. The molecule has 2 heterocycles. The minimum atomic E-state index is -0.387. The summed E-state index contributed by atoms with van der Waals surface area (Å²) in [5.41, 5.74) is 8.54. The summed E-state index contributed by atoms with van der Waals surface area (Å²) in [7, 11) is 0. The molecule has 0 spiro atoms. The fraction of sp³-hybridized carbons (Fsp3) is 0.148. The number of fused-ring (bicyclic) bond motifs is 1. The van der Waals surface area contributed by atoms with Crippen molar-refractivity contribution in [3.8, 4) is 22.9 Å². The lowest BCUT2D eigenvalue weighted by molar-refractivity contribution is 0.476. The van der Waals surface area contributed by atoms with Gasteiger partial charge in [-0.3, -0.25) is 4.57 Å². The molecule has 0 fully saturated rings. The topological polar surface area (TPSA) is 88.0 Å². The summed E-state index contributed by atoms with van der Waals surface area (Å²) in [6, 6.07) is 21.6. The maximum atomic E-state index is 13.8. The Morgan fingerprint density at radius 2 is 1.74 bits per heavy atom. The molecule has 1 radical (unpaired) electrons. The average molecular weight is 469 g/mol. The molecular weight excluding hydrogens is 445 g/mol. The van der Waals surface area contributed by atoms with Crippen LogP contribution in [0.2, 0.25) is 0 Å². The van der Waals surface area contributed by atoms with Gasteiger partial charge in [0, 0.05) is 6.07 Å². The number of nitrogen functional groups attached to an aromatic ring is 1. The van der Waals surface area contributed by atoms with E-state index < -0.39 is 0 Å². The van der Waals surface area contributed by atoms with Gasteiger partial charge in [0.1, 0.15) is 29.2 Å². The summed E-state index contributed by atoms with van der Waals surface area (Å²) in [4.78, 5) is 22.4. The first kappa shape index (κ1) is 22.3. The lowest BCUT2D eigenvalue weighted by Gasteiger charge is -2.22. The van der Waals surface area contributed by atoms with E-state index in [1.165, 1.54) is 23.0 Å².